The Bertz CT molecular complexity index is 523. The molecule has 3 heteroatoms. The van der Waals surface area contributed by atoms with Crippen LogP contribution in [-0.4, -0.2) is 7.05 Å². The largest absolute Gasteiger partial charge is 0.316 e. The maximum atomic E-state index is 13.7. The zero-order valence-electron chi connectivity index (χ0n) is 9.50. The van der Waals surface area contributed by atoms with Crippen molar-refractivity contribution in [3.8, 4) is 11.1 Å². The molecule has 1 N–H and O–H groups in total. The van der Waals surface area contributed by atoms with Gasteiger partial charge in [-0.25, -0.2) is 8.78 Å². The van der Waals surface area contributed by atoms with Crippen molar-refractivity contribution in [2.45, 2.75) is 6.54 Å². The van der Waals surface area contributed by atoms with Gasteiger partial charge >= 0.3 is 0 Å². The van der Waals surface area contributed by atoms with Gasteiger partial charge in [0.05, 0.1) is 0 Å². The molecule has 0 aromatic heterocycles. The maximum Gasteiger partial charge on any atom is 0.128 e. The van der Waals surface area contributed by atoms with E-state index in [1.54, 1.807) is 31.3 Å². The lowest BCUT2D eigenvalue weighted by Crippen LogP contribution is -2.06. The van der Waals surface area contributed by atoms with Gasteiger partial charge in [-0.15, -0.1) is 0 Å². The Morgan fingerprint density at radius 2 is 1.76 bits per heavy atom. The summed E-state index contributed by atoms with van der Waals surface area (Å²) in [6.07, 6.45) is 0. The molecule has 2 aromatic rings. The topological polar surface area (TPSA) is 12.0 Å². The third-order valence-corrected chi connectivity index (χ3v) is 2.58. The standard InChI is InChI=1S/C14H13F2N/c1-17-9-12-6-5-11(8-14(12)16)10-3-2-4-13(15)7-10/h2-8,17H,9H2,1H3. The van der Waals surface area contributed by atoms with E-state index in [4.69, 9.17) is 0 Å². The van der Waals surface area contributed by atoms with Crippen molar-refractivity contribution in [2.75, 3.05) is 7.05 Å². The number of nitrogens with one attached hydrogen (secondary N) is 1. The first-order valence-electron chi connectivity index (χ1n) is 5.39. The van der Waals surface area contributed by atoms with Crippen molar-refractivity contribution in [3.05, 3.63) is 59.7 Å². The molecule has 0 amide bonds. The Kier molecular flexibility index (Phi) is 3.49. The van der Waals surface area contributed by atoms with Gasteiger partial charge in [0.2, 0.25) is 0 Å². The first kappa shape index (κ1) is 11.7. The molecule has 0 radical (unpaired) electrons. The van der Waals surface area contributed by atoms with E-state index in [2.05, 4.69) is 5.32 Å². The Morgan fingerprint density at radius 3 is 2.41 bits per heavy atom. The molecule has 0 aliphatic heterocycles. The van der Waals surface area contributed by atoms with Crippen molar-refractivity contribution >= 4 is 0 Å². The van der Waals surface area contributed by atoms with Gasteiger partial charge < -0.3 is 5.32 Å². The summed E-state index contributed by atoms with van der Waals surface area (Å²) in [4.78, 5) is 0. The molecule has 0 atom stereocenters. The Hall–Kier alpha value is -1.74. The minimum Gasteiger partial charge on any atom is -0.316 e. The van der Waals surface area contributed by atoms with E-state index in [-0.39, 0.29) is 11.6 Å². The van der Waals surface area contributed by atoms with Crippen LogP contribution < -0.4 is 5.32 Å². The van der Waals surface area contributed by atoms with E-state index in [1.807, 2.05) is 0 Å². The minimum absolute atomic E-state index is 0.277. The smallest absolute Gasteiger partial charge is 0.128 e. The second kappa shape index (κ2) is 5.06. The van der Waals surface area contributed by atoms with Gasteiger partial charge in [-0.05, 0) is 36.4 Å². The second-order valence-electron chi connectivity index (χ2n) is 3.85. The predicted molar refractivity (Wildman–Crippen MR) is 64.6 cm³/mol. The van der Waals surface area contributed by atoms with Crippen molar-refractivity contribution in [1.29, 1.82) is 0 Å². The highest BCUT2D eigenvalue weighted by molar-refractivity contribution is 5.63. The molecule has 0 fully saturated rings. The Labute approximate surface area is 99.1 Å². The summed E-state index contributed by atoms with van der Waals surface area (Å²) in [5.41, 5.74) is 1.97. The quantitative estimate of drug-likeness (QED) is 0.857. The van der Waals surface area contributed by atoms with E-state index in [0.29, 0.717) is 23.2 Å². The molecule has 0 aliphatic carbocycles. The van der Waals surface area contributed by atoms with Gasteiger partial charge in [0.25, 0.3) is 0 Å². The summed E-state index contributed by atoms with van der Waals surface area (Å²) < 4.78 is 26.7. The average molecular weight is 233 g/mol. The van der Waals surface area contributed by atoms with Gasteiger partial charge in [0.1, 0.15) is 11.6 Å². The van der Waals surface area contributed by atoms with E-state index in [9.17, 15) is 8.78 Å². The van der Waals surface area contributed by atoms with E-state index >= 15 is 0 Å². The van der Waals surface area contributed by atoms with Gasteiger partial charge in [-0.2, -0.15) is 0 Å². The van der Waals surface area contributed by atoms with Crippen LogP contribution in [0, 0.1) is 11.6 Å². The molecule has 1 nitrogen and oxygen atoms in total. The van der Waals surface area contributed by atoms with Gasteiger partial charge in [0, 0.05) is 12.1 Å². The molecule has 0 spiro atoms. The number of hydrogen-bond acceptors (Lipinski definition) is 1. The van der Waals surface area contributed by atoms with Crippen LogP contribution in [0.3, 0.4) is 0 Å². The van der Waals surface area contributed by atoms with Crippen molar-refractivity contribution in [2.24, 2.45) is 0 Å². The molecule has 17 heavy (non-hydrogen) atoms. The van der Waals surface area contributed by atoms with Crippen molar-refractivity contribution < 1.29 is 8.78 Å². The van der Waals surface area contributed by atoms with Crippen molar-refractivity contribution in [3.63, 3.8) is 0 Å². The zero-order chi connectivity index (χ0) is 12.3. The molecular weight excluding hydrogens is 220 g/mol. The van der Waals surface area contributed by atoms with Crippen LogP contribution in [0.5, 0.6) is 0 Å². The third kappa shape index (κ3) is 2.68. The van der Waals surface area contributed by atoms with Crippen LogP contribution in [0.1, 0.15) is 5.56 Å². The molecule has 0 unspecified atom stereocenters. The molecule has 2 aromatic carbocycles. The molecular formula is C14H13F2N. The fraction of sp³-hybridized carbons (Fsp3) is 0.143. The molecule has 0 heterocycles. The molecule has 0 aliphatic rings. The molecule has 0 saturated carbocycles. The van der Waals surface area contributed by atoms with Crippen LogP contribution in [0.2, 0.25) is 0 Å². The Balaban J connectivity index is 2.37. The highest BCUT2D eigenvalue weighted by Crippen LogP contribution is 2.22. The molecule has 88 valence electrons. The molecule has 0 saturated heterocycles. The fourth-order valence-corrected chi connectivity index (χ4v) is 1.73. The van der Waals surface area contributed by atoms with E-state index in [1.165, 1.54) is 18.2 Å². The average Bonchev–Trinajstić information content (AvgIpc) is 2.32. The number of rotatable bonds is 3. The van der Waals surface area contributed by atoms with Crippen LogP contribution >= 0.6 is 0 Å². The van der Waals surface area contributed by atoms with Crippen molar-refractivity contribution in [1.82, 2.24) is 5.32 Å². The number of halogens is 2. The third-order valence-electron chi connectivity index (χ3n) is 2.58. The highest BCUT2D eigenvalue weighted by atomic mass is 19.1. The maximum absolute atomic E-state index is 13.7. The summed E-state index contributed by atoms with van der Waals surface area (Å²) in [6, 6.07) is 11.1. The Morgan fingerprint density at radius 1 is 1.00 bits per heavy atom. The normalized spacial score (nSPS) is 10.5. The molecule has 2 rings (SSSR count). The summed E-state index contributed by atoms with van der Waals surface area (Å²) in [5, 5.41) is 2.89. The zero-order valence-corrected chi connectivity index (χ0v) is 9.50. The summed E-state index contributed by atoms with van der Waals surface area (Å²) in [5.74, 6) is -0.594. The lowest BCUT2D eigenvalue weighted by Gasteiger charge is -2.06. The van der Waals surface area contributed by atoms with Gasteiger partial charge in [-0.1, -0.05) is 24.3 Å². The van der Waals surface area contributed by atoms with Gasteiger partial charge in [0.15, 0.2) is 0 Å². The number of benzene rings is 2. The van der Waals surface area contributed by atoms with Crippen LogP contribution in [-0.2, 0) is 6.54 Å². The monoisotopic (exact) mass is 233 g/mol. The van der Waals surface area contributed by atoms with Crippen LogP contribution in [0.4, 0.5) is 8.78 Å². The summed E-state index contributed by atoms with van der Waals surface area (Å²) >= 11 is 0. The predicted octanol–water partition coefficient (Wildman–Crippen LogP) is 3.35. The number of hydrogen-bond donors (Lipinski definition) is 1. The lowest BCUT2D eigenvalue weighted by atomic mass is 10.0. The first-order chi connectivity index (χ1) is 8.20. The first-order valence-corrected chi connectivity index (χ1v) is 5.39. The second-order valence-corrected chi connectivity index (χ2v) is 3.85. The summed E-state index contributed by atoms with van der Waals surface area (Å²) in [6.45, 7) is 0.481. The van der Waals surface area contributed by atoms with Crippen LogP contribution in [0.25, 0.3) is 11.1 Å². The minimum atomic E-state index is -0.317. The van der Waals surface area contributed by atoms with E-state index < -0.39 is 0 Å². The fourth-order valence-electron chi connectivity index (χ4n) is 1.73. The lowest BCUT2D eigenvalue weighted by molar-refractivity contribution is 0.601. The van der Waals surface area contributed by atoms with E-state index in [0.717, 1.165) is 0 Å². The highest BCUT2D eigenvalue weighted by Gasteiger charge is 2.05. The molecule has 0 bridgehead atoms. The SMILES string of the molecule is CNCc1ccc(-c2cccc(F)c2)cc1F. The summed E-state index contributed by atoms with van der Waals surface area (Å²) in [7, 11) is 1.76. The van der Waals surface area contributed by atoms with Gasteiger partial charge in [-0.3, -0.25) is 0 Å². The van der Waals surface area contributed by atoms with Crippen LogP contribution in [0.15, 0.2) is 42.5 Å².